The van der Waals surface area contributed by atoms with Crippen LogP contribution < -0.4 is 0 Å². The van der Waals surface area contributed by atoms with E-state index in [1.54, 1.807) is 0 Å². The number of hydrogen-bond donors (Lipinski definition) is 0. The van der Waals surface area contributed by atoms with Gasteiger partial charge in [0, 0.05) is 26.2 Å². The Balaban J connectivity index is 1.83. The number of fused-ring (bicyclic) bond motifs is 1. The van der Waals surface area contributed by atoms with Gasteiger partial charge in [0.05, 0.1) is 0 Å². The first-order valence-corrected chi connectivity index (χ1v) is 7.00. The van der Waals surface area contributed by atoms with Gasteiger partial charge in [0.25, 0.3) is 11.7 Å². The summed E-state index contributed by atoms with van der Waals surface area (Å²) in [5, 5.41) is 9.99. The summed E-state index contributed by atoms with van der Waals surface area (Å²) in [6.45, 7) is 1.38. The third-order valence-corrected chi connectivity index (χ3v) is 4.06. The number of amides is 2. The first kappa shape index (κ1) is 14.7. The van der Waals surface area contributed by atoms with E-state index in [1.165, 1.54) is 9.80 Å². The molecule has 0 aromatic carbocycles. The lowest BCUT2D eigenvalue weighted by Crippen LogP contribution is -2.48. The zero-order valence-electron chi connectivity index (χ0n) is 10.9. The van der Waals surface area contributed by atoms with Gasteiger partial charge in [-0.15, -0.1) is 15.3 Å². The van der Waals surface area contributed by atoms with Crippen molar-refractivity contribution < 1.29 is 22.8 Å². The smallest absolute Gasteiger partial charge is 0.342 e. The van der Waals surface area contributed by atoms with Gasteiger partial charge in [0.1, 0.15) is 0 Å². The van der Waals surface area contributed by atoms with E-state index in [4.69, 9.17) is 0 Å². The van der Waals surface area contributed by atoms with Crippen LogP contribution in [0.15, 0.2) is 0 Å². The Hall–Kier alpha value is -2.24. The molecular weight excluding hydrogens is 325 g/mol. The molecule has 0 bridgehead atoms. The number of carbonyl (C=O) groups is 2. The molecule has 0 spiro atoms. The molecule has 0 N–H and O–H groups in total. The number of aromatic nitrogens is 4. The van der Waals surface area contributed by atoms with Crippen LogP contribution in [0.4, 0.5) is 13.2 Å². The first-order valence-electron chi connectivity index (χ1n) is 6.18. The van der Waals surface area contributed by atoms with Crippen molar-refractivity contribution in [3.8, 4) is 0 Å². The fourth-order valence-corrected chi connectivity index (χ4v) is 2.85. The van der Waals surface area contributed by atoms with Gasteiger partial charge in [-0.3, -0.25) is 9.59 Å². The zero-order valence-corrected chi connectivity index (χ0v) is 11.8. The van der Waals surface area contributed by atoms with Crippen LogP contribution in [0.1, 0.15) is 15.6 Å². The third-order valence-electron chi connectivity index (χ3n) is 3.18. The number of alkyl halides is 3. The molecule has 0 aliphatic carbocycles. The predicted octanol–water partition coefficient (Wildman–Crippen LogP) is 0.119. The quantitative estimate of drug-likeness (QED) is 0.729. The minimum atomic E-state index is -4.69. The van der Waals surface area contributed by atoms with Crippen molar-refractivity contribution in [1.82, 2.24) is 29.6 Å². The van der Waals surface area contributed by atoms with Crippen molar-refractivity contribution in [2.75, 3.05) is 26.2 Å². The number of rotatable bonds is 2. The maximum Gasteiger partial charge on any atom is 0.453 e. The number of piperazine rings is 1. The molecule has 2 aromatic heterocycles. The minimum Gasteiger partial charge on any atom is -0.342 e. The molecule has 2 amide bonds. The summed E-state index contributed by atoms with van der Waals surface area (Å²) in [5.74, 6) is -1.74. The van der Waals surface area contributed by atoms with Gasteiger partial charge in [-0.1, -0.05) is 11.3 Å². The van der Waals surface area contributed by atoms with E-state index >= 15 is 0 Å². The molecule has 0 unspecified atom stereocenters. The Morgan fingerprint density at radius 2 is 1.86 bits per heavy atom. The highest BCUT2D eigenvalue weighted by Crippen LogP contribution is 2.29. The summed E-state index contributed by atoms with van der Waals surface area (Å²) < 4.78 is 38.6. The molecule has 3 heterocycles. The van der Waals surface area contributed by atoms with E-state index in [0.29, 0.717) is 37.1 Å². The molecule has 8 nitrogen and oxygen atoms in total. The molecule has 0 saturated carbocycles. The standard InChI is InChI=1S/C10H9F3N6O2S/c11-10(12,13)8-14-15-9-19(8)16-6(22-9)7(21)18-3-1-17(5-20)2-4-18/h5H,1-4H2. The summed E-state index contributed by atoms with van der Waals surface area (Å²) in [7, 11) is 0. The second-order valence-electron chi connectivity index (χ2n) is 4.56. The van der Waals surface area contributed by atoms with Gasteiger partial charge in [-0.05, 0) is 0 Å². The largest absolute Gasteiger partial charge is 0.453 e. The molecule has 0 atom stereocenters. The molecular formula is C10H9F3N6O2S. The summed E-state index contributed by atoms with van der Waals surface area (Å²) >= 11 is 0.746. The van der Waals surface area contributed by atoms with Crippen LogP contribution >= 0.6 is 11.3 Å². The molecule has 1 saturated heterocycles. The molecule has 3 rings (SSSR count). The van der Waals surface area contributed by atoms with E-state index in [0.717, 1.165) is 11.3 Å². The Morgan fingerprint density at radius 3 is 2.45 bits per heavy atom. The Bertz CT molecular complexity index is 718. The number of halogens is 3. The summed E-state index contributed by atoms with van der Waals surface area (Å²) in [6.07, 6.45) is -4.00. The van der Waals surface area contributed by atoms with Crippen LogP contribution in [0, 0.1) is 0 Å². The lowest BCUT2D eigenvalue weighted by Gasteiger charge is -2.31. The molecule has 2 aromatic rings. The van der Waals surface area contributed by atoms with Crippen molar-refractivity contribution in [2.24, 2.45) is 0 Å². The van der Waals surface area contributed by atoms with Gasteiger partial charge >= 0.3 is 6.18 Å². The number of carbonyl (C=O) groups excluding carboxylic acids is 2. The number of nitrogens with zero attached hydrogens (tertiary/aromatic N) is 6. The minimum absolute atomic E-state index is 0.0880. The third kappa shape index (κ3) is 2.49. The highest BCUT2D eigenvalue weighted by molar-refractivity contribution is 7.18. The summed E-state index contributed by atoms with van der Waals surface area (Å²) in [5.41, 5.74) is 0. The van der Waals surface area contributed by atoms with E-state index in [-0.39, 0.29) is 9.97 Å². The molecule has 22 heavy (non-hydrogen) atoms. The molecule has 1 aliphatic heterocycles. The average Bonchev–Trinajstić information content (AvgIpc) is 3.05. The SMILES string of the molecule is O=CN1CCN(C(=O)c2nn3c(C(F)(F)F)nnc3s2)CC1. The summed E-state index contributed by atoms with van der Waals surface area (Å²) in [6, 6.07) is 0. The van der Waals surface area contributed by atoms with Gasteiger partial charge in [0.2, 0.25) is 16.4 Å². The monoisotopic (exact) mass is 334 g/mol. The average molecular weight is 334 g/mol. The molecule has 1 fully saturated rings. The maximum absolute atomic E-state index is 12.7. The van der Waals surface area contributed by atoms with Crippen molar-refractivity contribution in [1.29, 1.82) is 0 Å². The highest BCUT2D eigenvalue weighted by atomic mass is 32.1. The zero-order chi connectivity index (χ0) is 15.9. The second kappa shape index (κ2) is 5.19. The van der Waals surface area contributed by atoms with Gasteiger partial charge in [0.15, 0.2) is 0 Å². The van der Waals surface area contributed by atoms with Crippen molar-refractivity contribution in [3.05, 3.63) is 10.8 Å². The van der Waals surface area contributed by atoms with E-state index in [2.05, 4.69) is 15.3 Å². The Morgan fingerprint density at radius 1 is 1.18 bits per heavy atom. The van der Waals surface area contributed by atoms with Crippen LogP contribution in [0.5, 0.6) is 0 Å². The summed E-state index contributed by atoms with van der Waals surface area (Å²) in [4.78, 5) is 25.7. The van der Waals surface area contributed by atoms with Crippen molar-refractivity contribution in [3.63, 3.8) is 0 Å². The van der Waals surface area contributed by atoms with Crippen LogP contribution in [-0.2, 0) is 11.0 Å². The predicted molar refractivity (Wildman–Crippen MR) is 67.2 cm³/mol. The van der Waals surface area contributed by atoms with Crippen LogP contribution in [-0.4, -0.2) is 68.1 Å². The fraction of sp³-hybridized carbons (Fsp3) is 0.500. The molecule has 12 heteroatoms. The van der Waals surface area contributed by atoms with Crippen LogP contribution in [0.2, 0.25) is 0 Å². The normalized spacial score (nSPS) is 16.3. The van der Waals surface area contributed by atoms with E-state index < -0.39 is 17.9 Å². The van der Waals surface area contributed by atoms with Crippen LogP contribution in [0.3, 0.4) is 0 Å². The fourth-order valence-electron chi connectivity index (χ4n) is 2.05. The van der Waals surface area contributed by atoms with Crippen molar-refractivity contribution >= 4 is 28.6 Å². The lowest BCUT2D eigenvalue weighted by atomic mass is 10.3. The highest BCUT2D eigenvalue weighted by Gasteiger charge is 2.39. The van der Waals surface area contributed by atoms with Crippen LogP contribution in [0.25, 0.3) is 4.96 Å². The van der Waals surface area contributed by atoms with Gasteiger partial charge in [-0.2, -0.15) is 17.7 Å². The van der Waals surface area contributed by atoms with Crippen molar-refractivity contribution in [2.45, 2.75) is 6.18 Å². The van der Waals surface area contributed by atoms with E-state index in [1.807, 2.05) is 0 Å². The van der Waals surface area contributed by atoms with Gasteiger partial charge in [-0.25, -0.2) is 0 Å². The molecule has 1 aliphatic rings. The topological polar surface area (TPSA) is 83.7 Å². The maximum atomic E-state index is 12.7. The Kier molecular flexibility index (Phi) is 3.47. The Labute approximate surface area is 125 Å². The molecule has 118 valence electrons. The molecule has 0 radical (unpaired) electrons. The first-order chi connectivity index (χ1) is 10.4. The van der Waals surface area contributed by atoms with Gasteiger partial charge < -0.3 is 9.80 Å². The number of hydrogen-bond acceptors (Lipinski definition) is 6. The lowest BCUT2D eigenvalue weighted by molar-refractivity contribution is -0.146. The van der Waals surface area contributed by atoms with E-state index in [9.17, 15) is 22.8 Å². The second-order valence-corrected chi connectivity index (χ2v) is 5.51.